The van der Waals surface area contributed by atoms with Crippen molar-refractivity contribution in [1.82, 2.24) is 20.3 Å². The second kappa shape index (κ2) is 7.50. The Morgan fingerprint density at radius 1 is 1.14 bits per heavy atom. The molecule has 0 spiro atoms. The van der Waals surface area contributed by atoms with Crippen molar-refractivity contribution in [3.63, 3.8) is 0 Å². The summed E-state index contributed by atoms with van der Waals surface area (Å²) >= 11 is 0. The second-order valence-corrected chi connectivity index (χ2v) is 8.38. The second-order valence-electron chi connectivity index (χ2n) is 8.38. The van der Waals surface area contributed by atoms with Crippen LogP contribution >= 0.6 is 0 Å². The summed E-state index contributed by atoms with van der Waals surface area (Å²) in [6, 6.07) is 13.7. The lowest BCUT2D eigenvalue weighted by molar-refractivity contribution is -0.183. The molecule has 1 saturated carbocycles. The minimum atomic E-state index is -0.503. The number of halogens is 1. The number of likely N-dealkylation sites (tertiary alicyclic amines) is 1. The number of nitrogens with one attached hydrogen (secondary N) is 1. The summed E-state index contributed by atoms with van der Waals surface area (Å²) in [5.74, 6) is 0.339. The van der Waals surface area contributed by atoms with E-state index in [0.29, 0.717) is 24.0 Å². The Hall–Kier alpha value is -2.31. The summed E-state index contributed by atoms with van der Waals surface area (Å²) < 4.78 is 21.1. The molecule has 5 nitrogen and oxygen atoms in total. The summed E-state index contributed by atoms with van der Waals surface area (Å²) in [7, 11) is 0. The molecule has 1 aliphatic carbocycles. The molecule has 152 valence electrons. The van der Waals surface area contributed by atoms with E-state index < -0.39 is 5.60 Å². The Balaban J connectivity index is 1.55. The SMILES string of the molecule is CCOC1(c2cc(F)cc3n[nH]nc23)C2CCCC1CN(Cc1ccccc1)C2. The predicted molar refractivity (Wildman–Crippen MR) is 110 cm³/mol. The third-order valence-electron chi connectivity index (χ3n) is 6.72. The molecule has 1 aromatic heterocycles. The van der Waals surface area contributed by atoms with Crippen LogP contribution in [0.15, 0.2) is 42.5 Å². The van der Waals surface area contributed by atoms with E-state index >= 15 is 0 Å². The van der Waals surface area contributed by atoms with Crippen molar-refractivity contribution in [1.29, 1.82) is 0 Å². The van der Waals surface area contributed by atoms with Gasteiger partial charge in [0.05, 0.1) is 0 Å². The van der Waals surface area contributed by atoms with E-state index in [-0.39, 0.29) is 5.82 Å². The van der Waals surface area contributed by atoms with E-state index in [1.165, 1.54) is 18.1 Å². The number of hydrogen-bond donors (Lipinski definition) is 1. The first-order valence-corrected chi connectivity index (χ1v) is 10.6. The number of piperidine rings is 1. The lowest BCUT2D eigenvalue weighted by Gasteiger charge is -2.55. The number of hydrogen-bond acceptors (Lipinski definition) is 4. The maximum absolute atomic E-state index is 14.5. The average Bonchev–Trinajstić information content (AvgIpc) is 3.17. The van der Waals surface area contributed by atoms with Gasteiger partial charge in [-0.2, -0.15) is 15.4 Å². The van der Waals surface area contributed by atoms with E-state index in [4.69, 9.17) is 4.74 Å². The van der Waals surface area contributed by atoms with E-state index in [2.05, 4.69) is 50.6 Å². The van der Waals surface area contributed by atoms with Crippen molar-refractivity contribution < 1.29 is 9.13 Å². The Morgan fingerprint density at radius 2 is 1.90 bits per heavy atom. The molecule has 3 aromatic rings. The smallest absolute Gasteiger partial charge is 0.125 e. The molecule has 2 fully saturated rings. The van der Waals surface area contributed by atoms with Crippen LogP contribution in [0.2, 0.25) is 0 Å². The van der Waals surface area contributed by atoms with Crippen LogP contribution in [-0.4, -0.2) is 40.0 Å². The fourth-order valence-corrected chi connectivity index (χ4v) is 5.70. The number of ether oxygens (including phenoxy) is 1. The summed E-state index contributed by atoms with van der Waals surface area (Å²) in [4.78, 5) is 2.54. The van der Waals surface area contributed by atoms with Gasteiger partial charge in [-0.05, 0) is 31.4 Å². The molecule has 1 aliphatic heterocycles. The monoisotopic (exact) mass is 394 g/mol. The molecule has 2 unspecified atom stereocenters. The number of H-pyrrole nitrogens is 1. The zero-order valence-corrected chi connectivity index (χ0v) is 16.8. The van der Waals surface area contributed by atoms with Crippen LogP contribution < -0.4 is 0 Å². The van der Waals surface area contributed by atoms with Gasteiger partial charge >= 0.3 is 0 Å². The molecule has 2 aromatic carbocycles. The molecular formula is C23H27FN4O. The van der Waals surface area contributed by atoms with Gasteiger partial charge in [0.2, 0.25) is 0 Å². The van der Waals surface area contributed by atoms with Crippen molar-refractivity contribution in [2.75, 3.05) is 19.7 Å². The largest absolute Gasteiger partial charge is 0.370 e. The highest BCUT2D eigenvalue weighted by atomic mass is 19.1. The standard InChI is InChI=1S/C23H27FN4O/c1-2-29-23(20-11-19(24)12-21-22(20)26-27-25-21)17-9-6-10-18(23)15-28(14-17)13-16-7-4-3-5-8-16/h3-5,7-8,11-12,17-18H,2,6,9-10,13-15H2,1H3,(H,25,26,27). The Kier molecular flexibility index (Phi) is 4.84. The van der Waals surface area contributed by atoms with Crippen molar-refractivity contribution in [2.45, 2.75) is 38.3 Å². The Labute approximate surface area is 170 Å². The summed E-state index contributed by atoms with van der Waals surface area (Å²) in [6.07, 6.45) is 3.36. The zero-order valence-electron chi connectivity index (χ0n) is 16.8. The number of nitrogens with zero attached hydrogens (tertiary/aromatic N) is 3. The first-order chi connectivity index (χ1) is 14.2. The molecule has 0 radical (unpaired) electrons. The van der Waals surface area contributed by atoms with Crippen molar-refractivity contribution >= 4 is 11.0 Å². The van der Waals surface area contributed by atoms with Gasteiger partial charge in [-0.15, -0.1) is 0 Å². The third kappa shape index (κ3) is 3.15. The molecule has 2 atom stereocenters. The van der Waals surface area contributed by atoms with Crippen molar-refractivity contribution in [2.24, 2.45) is 11.8 Å². The van der Waals surface area contributed by atoms with Gasteiger partial charge in [-0.1, -0.05) is 36.8 Å². The molecule has 1 N–H and O–H groups in total. The van der Waals surface area contributed by atoms with Crippen LogP contribution in [0.25, 0.3) is 11.0 Å². The number of rotatable bonds is 5. The number of aromatic amines is 1. The first-order valence-electron chi connectivity index (χ1n) is 10.6. The molecule has 0 amide bonds. The maximum Gasteiger partial charge on any atom is 0.125 e. The van der Waals surface area contributed by atoms with E-state index in [1.807, 2.05) is 6.92 Å². The van der Waals surface area contributed by atoms with E-state index in [9.17, 15) is 4.39 Å². The predicted octanol–water partition coefficient (Wildman–Crippen LogP) is 4.26. The van der Waals surface area contributed by atoms with Gasteiger partial charge < -0.3 is 4.74 Å². The zero-order chi connectivity index (χ0) is 19.8. The molecule has 1 saturated heterocycles. The number of aromatic nitrogens is 3. The number of benzene rings is 2. The number of fused-ring (bicyclic) bond motifs is 3. The highest BCUT2D eigenvalue weighted by Gasteiger charge is 2.54. The van der Waals surface area contributed by atoms with Gasteiger partial charge in [-0.3, -0.25) is 4.90 Å². The van der Waals surface area contributed by atoms with Gasteiger partial charge in [0.15, 0.2) is 0 Å². The summed E-state index contributed by atoms with van der Waals surface area (Å²) in [5, 5.41) is 11.2. The highest BCUT2D eigenvalue weighted by Crippen LogP contribution is 2.53. The minimum Gasteiger partial charge on any atom is -0.370 e. The Morgan fingerprint density at radius 3 is 2.62 bits per heavy atom. The van der Waals surface area contributed by atoms with Gasteiger partial charge in [0.25, 0.3) is 0 Å². The average molecular weight is 394 g/mol. The van der Waals surface area contributed by atoms with Crippen molar-refractivity contribution in [3.8, 4) is 0 Å². The van der Waals surface area contributed by atoms with Crippen LogP contribution in [0.1, 0.15) is 37.3 Å². The molecule has 2 bridgehead atoms. The minimum absolute atomic E-state index is 0.273. The van der Waals surface area contributed by atoms with Crippen LogP contribution in [0, 0.1) is 17.7 Å². The quantitative estimate of drug-likeness (QED) is 0.703. The van der Waals surface area contributed by atoms with Gasteiger partial charge in [0, 0.05) is 49.7 Å². The first kappa shape index (κ1) is 18.7. The van der Waals surface area contributed by atoms with E-state index in [1.54, 1.807) is 6.07 Å². The maximum atomic E-state index is 14.5. The molecule has 5 rings (SSSR count). The Bertz CT molecular complexity index is 975. The molecule has 29 heavy (non-hydrogen) atoms. The molecule has 2 aliphatic rings. The van der Waals surface area contributed by atoms with Crippen LogP contribution in [-0.2, 0) is 16.9 Å². The van der Waals surface area contributed by atoms with Crippen LogP contribution in [0.5, 0.6) is 0 Å². The van der Waals surface area contributed by atoms with Crippen LogP contribution in [0.4, 0.5) is 4.39 Å². The highest BCUT2D eigenvalue weighted by molar-refractivity contribution is 5.78. The van der Waals surface area contributed by atoms with E-state index in [0.717, 1.165) is 43.6 Å². The lowest BCUT2D eigenvalue weighted by Crippen LogP contribution is -2.59. The third-order valence-corrected chi connectivity index (χ3v) is 6.72. The lowest BCUT2D eigenvalue weighted by atomic mass is 9.62. The molecule has 2 heterocycles. The fourth-order valence-electron chi connectivity index (χ4n) is 5.70. The fraction of sp³-hybridized carbons (Fsp3) is 0.478. The van der Waals surface area contributed by atoms with Gasteiger partial charge in [-0.25, -0.2) is 4.39 Å². The molecular weight excluding hydrogens is 367 g/mol. The molecule has 6 heteroatoms. The summed E-state index contributed by atoms with van der Waals surface area (Å²) in [6.45, 7) is 5.47. The topological polar surface area (TPSA) is 54.0 Å². The van der Waals surface area contributed by atoms with Gasteiger partial charge in [0.1, 0.15) is 22.5 Å². The van der Waals surface area contributed by atoms with Crippen LogP contribution in [0.3, 0.4) is 0 Å². The normalized spacial score (nSPS) is 27.4. The summed E-state index contributed by atoms with van der Waals surface area (Å²) in [5.41, 5.74) is 3.02. The van der Waals surface area contributed by atoms with Crippen molar-refractivity contribution in [3.05, 3.63) is 59.4 Å².